The quantitative estimate of drug-likeness (QED) is 0.457. The van der Waals surface area contributed by atoms with E-state index in [4.69, 9.17) is 21.3 Å². The highest BCUT2D eigenvalue weighted by Crippen LogP contribution is 2.27. The maximum absolute atomic E-state index is 13.9. The Labute approximate surface area is 201 Å². The van der Waals surface area contributed by atoms with E-state index in [9.17, 15) is 9.18 Å². The second-order valence-corrected chi connectivity index (χ2v) is 8.34. The van der Waals surface area contributed by atoms with Gasteiger partial charge in [-0.25, -0.2) is 9.37 Å². The Morgan fingerprint density at radius 1 is 1.21 bits per heavy atom. The average Bonchev–Trinajstić information content (AvgIpc) is 2.93. The lowest BCUT2D eigenvalue weighted by molar-refractivity contribution is 0.299. The molecule has 0 unspecified atom stereocenters. The summed E-state index contributed by atoms with van der Waals surface area (Å²) in [6, 6.07) is 11.3. The summed E-state index contributed by atoms with van der Waals surface area (Å²) >= 11 is 5.78. The smallest absolute Gasteiger partial charge is 0.259 e. The van der Waals surface area contributed by atoms with E-state index in [1.54, 1.807) is 24.4 Å². The van der Waals surface area contributed by atoms with Crippen molar-refractivity contribution in [1.82, 2.24) is 19.4 Å². The zero-order chi connectivity index (χ0) is 22.2. The van der Waals surface area contributed by atoms with Crippen molar-refractivity contribution in [3.8, 4) is 11.6 Å². The van der Waals surface area contributed by atoms with Crippen molar-refractivity contribution < 1.29 is 9.13 Å². The predicted molar refractivity (Wildman–Crippen MR) is 129 cm³/mol. The molecule has 0 atom stereocenters. The van der Waals surface area contributed by atoms with E-state index in [2.05, 4.69) is 9.88 Å². The molecular weight excluding hydrogens is 466 g/mol. The van der Waals surface area contributed by atoms with Crippen LogP contribution in [0, 0.1) is 5.82 Å². The second kappa shape index (κ2) is 9.55. The molecule has 33 heavy (non-hydrogen) atoms. The zero-order valence-corrected chi connectivity index (χ0v) is 19.5. The molecule has 0 bridgehead atoms. The predicted octanol–water partition coefficient (Wildman–Crippen LogP) is 4.55. The fourth-order valence-corrected chi connectivity index (χ4v) is 4.36. The third kappa shape index (κ3) is 4.49. The summed E-state index contributed by atoms with van der Waals surface area (Å²) in [4.78, 5) is 17.5. The van der Waals surface area contributed by atoms with Crippen molar-refractivity contribution in [3.63, 3.8) is 0 Å². The highest BCUT2D eigenvalue weighted by Gasteiger charge is 2.18. The largest absolute Gasteiger partial charge is 0.489 e. The lowest BCUT2D eigenvalue weighted by Crippen LogP contribution is -2.18. The fourth-order valence-electron chi connectivity index (χ4n) is 4.20. The van der Waals surface area contributed by atoms with Crippen LogP contribution in [-0.4, -0.2) is 20.7 Å². The average molecular weight is 489 g/mol. The number of hydrogen-bond acceptors (Lipinski definition) is 4. The van der Waals surface area contributed by atoms with Gasteiger partial charge in [-0.3, -0.25) is 9.36 Å². The monoisotopic (exact) mass is 488 g/mol. The zero-order valence-electron chi connectivity index (χ0n) is 18.0. The first kappa shape index (κ1) is 23.3. The van der Waals surface area contributed by atoms with Gasteiger partial charge in [-0.2, -0.15) is 0 Å². The SMILES string of the molecule is Cl.Cn1c2c(c3ccc(-n4ccc(OCc5ccc(Cl)cc5F)cc4=O)nc31)CNCCC2. The first-order chi connectivity index (χ1) is 15.5. The van der Waals surface area contributed by atoms with Crippen molar-refractivity contribution in [2.45, 2.75) is 26.0 Å². The van der Waals surface area contributed by atoms with Gasteiger partial charge in [0.05, 0.1) is 0 Å². The van der Waals surface area contributed by atoms with E-state index in [1.807, 2.05) is 19.2 Å². The highest BCUT2D eigenvalue weighted by atomic mass is 35.5. The Morgan fingerprint density at radius 3 is 2.85 bits per heavy atom. The van der Waals surface area contributed by atoms with Crippen molar-refractivity contribution in [3.05, 3.63) is 86.7 Å². The molecule has 3 aromatic heterocycles. The first-order valence-electron chi connectivity index (χ1n) is 10.5. The Bertz CT molecular complexity index is 1380. The maximum atomic E-state index is 13.9. The van der Waals surface area contributed by atoms with Crippen LogP contribution in [-0.2, 0) is 26.6 Å². The summed E-state index contributed by atoms with van der Waals surface area (Å²) < 4.78 is 23.2. The molecule has 1 N–H and O–H groups in total. The molecule has 0 radical (unpaired) electrons. The number of hydrogen-bond donors (Lipinski definition) is 1. The van der Waals surface area contributed by atoms with E-state index in [1.165, 1.54) is 28.0 Å². The van der Waals surface area contributed by atoms with Crippen LogP contribution in [0.1, 0.15) is 23.2 Å². The summed E-state index contributed by atoms with van der Waals surface area (Å²) in [7, 11) is 2.03. The number of nitrogens with zero attached hydrogens (tertiary/aromatic N) is 3. The number of pyridine rings is 2. The topological polar surface area (TPSA) is 61.1 Å². The molecule has 6 nitrogen and oxygen atoms in total. The lowest BCUT2D eigenvalue weighted by Gasteiger charge is -2.10. The summed E-state index contributed by atoms with van der Waals surface area (Å²) in [5.41, 5.74) is 3.53. The minimum atomic E-state index is -0.445. The molecule has 0 saturated carbocycles. The Kier molecular flexibility index (Phi) is 6.74. The van der Waals surface area contributed by atoms with E-state index in [-0.39, 0.29) is 24.6 Å². The van der Waals surface area contributed by atoms with Gasteiger partial charge in [0.2, 0.25) is 0 Å². The molecule has 5 rings (SSSR count). The van der Waals surface area contributed by atoms with Crippen LogP contribution in [0.3, 0.4) is 0 Å². The summed E-state index contributed by atoms with van der Waals surface area (Å²) in [5.74, 6) is 0.458. The molecule has 9 heteroatoms. The second-order valence-electron chi connectivity index (χ2n) is 7.90. The number of nitrogens with one attached hydrogen (secondary N) is 1. The first-order valence-corrected chi connectivity index (χ1v) is 10.9. The molecule has 0 saturated heterocycles. The third-order valence-electron chi connectivity index (χ3n) is 5.87. The van der Waals surface area contributed by atoms with Crippen LogP contribution in [0.5, 0.6) is 5.75 Å². The van der Waals surface area contributed by atoms with Gasteiger partial charge in [0.15, 0.2) is 0 Å². The van der Waals surface area contributed by atoms with E-state index >= 15 is 0 Å². The number of ether oxygens (including phenoxy) is 1. The van der Waals surface area contributed by atoms with Crippen LogP contribution >= 0.6 is 24.0 Å². The normalized spacial score (nSPS) is 13.3. The number of fused-ring (bicyclic) bond motifs is 3. The highest BCUT2D eigenvalue weighted by molar-refractivity contribution is 6.30. The van der Waals surface area contributed by atoms with Crippen molar-refractivity contribution >= 4 is 35.0 Å². The molecule has 1 aliphatic heterocycles. The number of benzene rings is 1. The Hall–Kier alpha value is -2.87. The summed E-state index contributed by atoms with van der Waals surface area (Å²) in [6.45, 7) is 1.84. The van der Waals surface area contributed by atoms with Crippen LogP contribution < -0.4 is 15.6 Å². The standard InChI is InChI=1S/C24H22ClFN4O2.ClH/c1-29-21-3-2-9-27-13-19(21)18-6-7-22(28-24(18)29)30-10-8-17(12-23(30)31)32-14-15-4-5-16(25)11-20(15)26;/h4-8,10-12,27H,2-3,9,13-14H2,1H3;1H. The number of aromatic nitrogens is 3. The van der Waals surface area contributed by atoms with Crippen molar-refractivity contribution in [1.29, 1.82) is 0 Å². The number of halogens is 3. The van der Waals surface area contributed by atoms with Gasteiger partial charge in [0, 0.05) is 47.5 Å². The maximum Gasteiger partial charge on any atom is 0.259 e. The van der Waals surface area contributed by atoms with Crippen LogP contribution in [0.2, 0.25) is 5.02 Å². The molecular formula is C24H23Cl2FN4O2. The third-order valence-corrected chi connectivity index (χ3v) is 6.11. The van der Waals surface area contributed by atoms with Crippen LogP contribution in [0.25, 0.3) is 16.9 Å². The number of aryl methyl sites for hydroxylation is 1. The number of rotatable bonds is 4. The molecule has 0 spiro atoms. The summed E-state index contributed by atoms with van der Waals surface area (Å²) in [6.07, 6.45) is 3.72. The molecule has 0 amide bonds. The molecule has 1 aliphatic rings. The Morgan fingerprint density at radius 2 is 2.06 bits per heavy atom. The molecule has 4 heterocycles. The van der Waals surface area contributed by atoms with Gasteiger partial charge in [-0.05, 0) is 55.3 Å². The van der Waals surface area contributed by atoms with Gasteiger partial charge in [0.25, 0.3) is 5.56 Å². The van der Waals surface area contributed by atoms with E-state index in [0.717, 1.165) is 37.0 Å². The Balaban J connectivity index is 0.00000259. The van der Waals surface area contributed by atoms with Crippen molar-refractivity contribution in [2.75, 3.05) is 6.54 Å². The molecule has 1 aromatic carbocycles. The van der Waals surface area contributed by atoms with Crippen LogP contribution in [0.4, 0.5) is 4.39 Å². The van der Waals surface area contributed by atoms with E-state index < -0.39 is 5.82 Å². The van der Waals surface area contributed by atoms with Gasteiger partial charge < -0.3 is 14.6 Å². The van der Waals surface area contributed by atoms with Gasteiger partial charge >= 0.3 is 0 Å². The lowest BCUT2D eigenvalue weighted by atomic mass is 10.1. The summed E-state index contributed by atoms with van der Waals surface area (Å²) in [5, 5.41) is 4.89. The van der Waals surface area contributed by atoms with Crippen molar-refractivity contribution in [2.24, 2.45) is 7.05 Å². The molecule has 0 aliphatic carbocycles. The van der Waals surface area contributed by atoms with Crippen LogP contribution in [0.15, 0.2) is 53.5 Å². The molecule has 0 fully saturated rings. The fraction of sp³-hybridized carbons (Fsp3) is 0.250. The molecule has 4 aromatic rings. The van der Waals surface area contributed by atoms with E-state index in [0.29, 0.717) is 22.2 Å². The van der Waals surface area contributed by atoms with Gasteiger partial charge in [-0.1, -0.05) is 17.7 Å². The minimum absolute atomic E-state index is 0. The minimum Gasteiger partial charge on any atom is -0.489 e. The van der Waals surface area contributed by atoms with Gasteiger partial charge in [-0.15, -0.1) is 12.4 Å². The molecule has 172 valence electrons. The van der Waals surface area contributed by atoms with Gasteiger partial charge in [0.1, 0.15) is 29.6 Å².